The summed E-state index contributed by atoms with van der Waals surface area (Å²) in [6.07, 6.45) is 7.24. The Balaban J connectivity index is 1.47. The molecule has 1 aliphatic heterocycles. The minimum absolute atomic E-state index is 0.363. The summed E-state index contributed by atoms with van der Waals surface area (Å²) >= 11 is 0. The van der Waals surface area contributed by atoms with Gasteiger partial charge in [-0.25, -0.2) is 0 Å². The molecule has 1 heterocycles. The molecular weight excluding hydrogens is 224 g/mol. The van der Waals surface area contributed by atoms with Gasteiger partial charge in [0.25, 0.3) is 0 Å². The molecule has 0 amide bonds. The van der Waals surface area contributed by atoms with Gasteiger partial charge in [0.1, 0.15) is 0 Å². The standard InChI is InChI=1S/C16H24O2/c1-14(8-4-2-7-11-16-13-18-16)17-12-15-9-5-3-6-10-15/h3,5-6,9-10,14,16H,2,4,7-8,11-13H2,1H3/t14-,16-/m1/s1. The molecule has 2 heteroatoms. The fourth-order valence-corrected chi connectivity index (χ4v) is 2.11. The highest BCUT2D eigenvalue weighted by Gasteiger charge is 2.20. The van der Waals surface area contributed by atoms with Gasteiger partial charge in [-0.2, -0.15) is 0 Å². The summed E-state index contributed by atoms with van der Waals surface area (Å²) in [4.78, 5) is 0. The van der Waals surface area contributed by atoms with Crippen LogP contribution in [-0.4, -0.2) is 18.8 Å². The van der Waals surface area contributed by atoms with Crippen LogP contribution in [0.1, 0.15) is 44.6 Å². The van der Waals surface area contributed by atoms with E-state index >= 15 is 0 Å². The summed E-state index contributed by atoms with van der Waals surface area (Å²) < 4.78 is 11.0. The van der Waals surface area contributed by atoms with Crippen LogP contribution in [0.5, 0.6) is 0 Å². The predicted octanol–water partition coefficient (Wildman–Crippen LogP) is 3.94. The zero-order valence-corrected chi connectivity index (χ0v) is 11.3. The number of hydrogen-bond donors (Lipinski definition) is 0. The van der Waals surface area contributed by atoms with Crippen LogP contribution in [0.3, 0.4) is 0 Å². The molecular formula is C16H24O2. The van der Waals surface area contributed by atoms with E-state index in [1.54, 1.807) is 0 Å². The number of ether oxygens (including phenoxy) is 2. The minimum Gasteiger partial charge on any atom is -0.374 e. The Hall–Kier alpha value is -0.860. The molecule has 0 aromatic heterocycles. The van der Waals surface area contributed by atoms with Gasteiger partial charge in [0.15, 0.2) is 0 Å². The maximum Gasteiger partial charge on any atom is 0.0810 e. The molecule has 2 nitrogen and oxygen atoms in total. The number of rotatable bonds is 9. The molecule has 1 saturated heterocycles. The molecule has 0 bridgehead atoms. The van der Waals surface area contributed by atoms with Crippen molar-refractivity contribution in [3.8, 4) is 0 Å². The van der Waals surface area contributed by atoms with Gasteiger partial charge in [0.2, 0.25) is 0 Å². The molecule has 0 radical (unpaired) electrons. The summed E-state index contributed by atoms with van der Waals surface area (Å²) in [6.45, 7) is 3.90. The van der Waals surface area contributed by atoms with Gasteiger partial charge in [0, 0.05) is 0 Å². The third kappa shape index (κ3) is 5.65. The normalized spacial score (nSPS) is 19.7. The van der Waals surface area contributed by atoms with E-state index in [1.807, 2.05) is 6.07 Å². The van der Waals surface area contributed by atoms with Crippen LogP contribution in [0.25, 0.3) is 0 Å². The first-order valence-electron chi connectivity index (χ1n) is 7.12. The van der Waals surface area contributed by atoms with Crippen molar-refractivity contribution in [3.63, 3.8) is 0 Å². The molecule has 1 aromatic rings. The molecule has 1 fully saturated rings. The topological polar surface area (TPSA) is 21.8 Å². The maximum absolute atomic E-state index is 5.84. The van der Waals surface area contributed by atoms with Gasteiger partial charge in [0.05, 0.1) is 25.4 Å². The summed E-state index contributed by atoms with van der Waals surface area (Å²) in [5, 5.41) is 0. The van der Waals surface area contributed by atoms with Crippen LogP contribution >= 0.6 is 0 Å². The Bertz CT molecular complexity index is 319. The second kappa shape index (κ2) is 7.55. The lowest BCUT2D eigenvalue weighted by molar-refractivity contribution is 0.0458. The average molecular weight is 248 g/mol. The van der Waals surface area contributed by atoms with Crippen LogP contribution in [0.4, 0.5) is 0 Å². The van der Waals surface area contributed by atoms with Crippen molar-refractivity contribution < 1.29 is 9.47 Å². The van der Waals surface area contributed by atoms with Crippen molar-refractivity contribution >= 4 is 0 Å². The van der Waals surface area contributed by atoms with E-state index in [0.717, 1.165) is 13.2 Å². The second-order valence-corrected chi connectivity index (χ2v) is 5.20. The van der Waals surface area contributed by atoms with Crippen molar-refractivity contribution in [1.29, 1.82) is 0 Å². The number of epoxide rings is 1. The lowest BCUT2D eigenvalue weighted by atomic mass is 10.1. The Morgan fingerprint density at radius 3 is 2.72 bits per heavy atom. The Labute approximate surface area is 110 Å². The zero-order chi connectivity index (χ0) is 12.6. The quantitative estimate of drug-likeness (QED) is 0.487. The molecule has 0 unspecified atom stereocenters. The fraction of sp³-hybridized carbons (Fsp3) is 0.625. The second-order valence-electron chi connectivity index (χ2n) is 5.20. The smallest absolute Gasteiger partial charge is 0.0810 e. The largest absolute Gasteiger partial charge is 0.374 e. The first-order valence-corrected chi connectivity index (χ1v) is 7.12. The summed E-state index contributed by atoms with van der Waals surface area (Å²) in [7, 11) is 0. The first-order chi connectivity index (χ1) is 8.84. The molecule has 1 aromatic carbocycles. The average Bonchev–Trinajstić information content (AvgIpc) is 3.21. The van der Waals surface area contributed by atoms with Gasteiger partial charge in [-0.1, -0.05) is 49.6 Å². The van der Waals surface area contributed by atoms with Crippen LogP contribution in [0.2, 0.25) is 0 Å². The van der Waals surface area contributed by atoms with E-state index in [2.05, 4.69) is 31.2 Å². The van der Waals surface area contributed by atoms with Gasteiger partial charge in [-0.15, -0.1) is 0 Å². The highest BCUT2D eigenvalue weighted by atomic mass is 16.6. The molecule has 2 rings (SSSR count). The van der Waals surface area contributed by atoms with Gasteiger partial charge in [-0.05, 0) is 25.3 Å². The minimum atomic E-state index is 0.363. The van der Waals surface area contributed by atoms with Crippen molar-refractivity contribution in [2.45, 2.75) is 57.8 Å². The molecule has 100 valence electrons. The molecule has 0 saturated carbocycles. The molecule has 0 N–H and O–H groups in total. The number of unbranched alkanes of at least 4 members (excludes halogenated alkanes) is 2. The lowest BCUT2D eigenvalue weighted by Gasteiger charge is -2.12. The Morgan fingerprint density at radius 2 is 2.00 bits per heavy atom. The number of benzene rings is 1. The monoisotopic (exact) mass is 248 g/mol. The van der Waals surface area contributed by atoms with E-state index < -0.39 is 0 Å². The predicted molar refractivity (Wildman–Crippen MR) is 73.5 cm³/mol. The highest BCUT2D eigenvalue weighted by molar-refractivity contribution is 5.13. The number of hydrogen-bond acceptors (Lipinski definition) is 2. The van der Waals surface area contributed by atoms with E-state index in [4.69, 9.17) is 9.47 Å². The third-order valence-corrected chi connectivity index (χ3v) is 3.42. The highest BCUT2D eigenvalue weighted by Crippen LogP contribution is 2.18. The summed E-state index contributed by atoms with van der Waals surface area (Å²) in [5.41, 5.74) is 1.26. The van der Waals surface area contributed by atoms with Crippen molar-refractivity contribution in [3.05, 3.63) is 35.9 Å². The van der Waals surface area contributed by atoms with Crippen LogP contribution in [0, 0.1) is 0 Å². The van der Waals surface area contributed by atoms with E-state index in [-0.39, 0.29) is 0 Å². The SMILES string of the molecule is C[C@H](CCCCC[C@@H]1CO1)OCc1ccccc1. The van der Waals surface area contributed by atoms with Crippen molar-refractivity contribution in [2.24, 2.45) is 0 Å². The maximum atomic E-state index is 5.84. The Kier molecular flexibility index (Phi) is 5.69. The van der Waals surface area contributed by atoms with E-state index in [9.17, 15) is 0 Å². The lowest BCUT2D eigenvalue weighted by Crippen LogP contribution is -2.07. The van der Waals surface area contributed by atoms with Gasteiger partial charge < -0.3 is 9.47 Å². The Morgan fingerprint density at radius 1 is 1.22 bits per heavy atom. The fourth-order valence-electron chi connectivity index (χ4n) is 2.11. The van der Waals surface area contributed by atoms with E-state index in [0.29, 0.717) is 12.2 Å². The third-order valence-electron chi connectivity index (χ3n) is 3.42. The van der Waals surface area contributed by atoms with Gasteiger partial charge >= 0.3 is 0 Å². The van der Waals surface area contributed by atoms with Crippen LogP contribution in [0.15, 0.2) is 30.3 Å². The molecule has 2 atom stereocenters. The van der Waals surface area contributed by atoms with Crippen molar-refractivity contribution in [1.82, 2.24) is 0 Å². The van der Waals surface area contributed by atoms with Crippen LogP contribution < -0.4 is 0 Å². The van der Waals surface area contributed by atoms with Crippen molar-refractivity contribution in [2.75, 3.05) is 6.61 Å². The zero-order valence-electron chi connectivity index (χ0n) is 11.3. The van der Waals surface area contributed by atoms with Gasteiger partial charge in [-0.3, -0.25) is 0 Å². The van der Waals surface area contributed by atoms with Crippen LogP contribution in [-0.2, 0) is 16.1 Å². The molecule has 18 heavy (non-hydrogen) atoms. The molecule has 0 spiro atoms. The summed E-state index contributed by atoms with van der Waals surface area (Å²) in [6, 6.07) is 10.4. The molecule has 0 aliphatic carbocycles. The molecule has 1 aliphatic rings. The van der Waals surface area contributed by atoms with E-state index in [1.165, 1.54) is 37.7 Å². The first kappa shape index (κ1) is 13.6. The summed E-state index contributed by atoms with van der Waals surface area (Å²) in [5.74, 6) is 0.